The van der Waals surface area contributed by atoms with Crippen molar-refractivity contribution in [2.45, 2.75) is 30.3 Å². The van der Waals surface area contributed by atoms with Crippen molar-refractivity contribution >= 4 is 37.8 Å². The Bertz CT molecular complexity index is 633. The lowest BCUT2D eigenvalue weighted by atomic mass is 10.1. The molecule has 2 rings (SSSR count). The number of sulfone groups is 1. The van der Waals surface area contributed by atoms with Crippen molar-refractivity contribution in [3.8, 4) is 0 Å². The summed E-state index contributed by atoms with van der Waals surface area (Å²) in [4.78, 5) is 11.3. The Morgan fingerprint density at radius 1 is 1.48 bits per heavy atom. The third-order valence-corrected chi connectivity index (χ3v) is 5.73. The topological polar surface area (TPSA) is 125 Å². The second kappa shape index (κ2) is 6.20. The highest BCUT2D eigenvalue weighted by Crippen LogP contribution is 2.39. The first-order valence-electron chi connectivity index (χ1n) is 6.58. The number of carbonyl (C=O) groups excluding carboxylic acids is 1. The van der Waals surface area contributed by atoms with Gasteiger partial charge in [-0.3, -0.25) is 4.79 Å². The molecule has 1 aliphatic heterocycles. The number of nitrogens with two attached hydrogens (primary N) is 2. The van der Waals surface area contributed by atoms with E-state index in [0.717, 1.165) is 36.9 Å². The van der Waals surface area contributed by atoms with Crippen molar-refractivity contribution in [2.24, 2.45) is 5.73 Å². The Balaban J connectivity index is 2.25. The summed E-state index contributed by atoms with van der Waals surface area (Å²) in [6.45, 7) is 1.19. The van der Waals surface area contributed by atoms with Gasteiger partial charge in [0.2, 0.25) is 0 Å². The maximum atomic E-state index is 11.9. The van der Waals surface area contributed by atoms with Crippen LogP contribution in [0.15, 0.2) is 4.90 Å². The molecule has 5 N–H and O–H groups in total. The van der Waals surface area contributed by atoms with Crippen molar-refractivity contribution in [1.82, 2.24) is 0 Å². The van der Waals surface area contributed by atoms with Crippen LogP contribution in [0.4, 0.5) is 10.7 Å². The van der Waals surface area contributed by atoms with Gasteiger partial charge in [-0.25, -0.2) is 8.42 Å². The number of amides is 1. The van der Waals surface area contributed by atoms with Crippen LogP contribution in [0.2, 0.25) is 0 Å². The Hall–Kier alpha value is -1.32. The lowest BCUT2D eigenvalue weighted by Gasteiger charge is -2.23. The second-order valence-corrected chi connectivity index (χ2v) is 7.98. The number of nitrogens with one attached hydrogen (secondary N) is 1. The highest BCUT2D eigenvalue weighted by atomic mass is 32.2. The third-order valence-electron chi connectivity index (χ3n) is 3.26. The van der Waals surface area contributed by atoms with Crippen LogP contribution >= 0.6 is 11.3 Å². The van der Waals surface area contributed by atoms with E-state index in [0.29, 0.717) is 18.2 Å². The molecular weight excluding hydrogens is 314 g/mol. The lowest BCUT2D eigenvalue weighted by Crippen LogP contribution is -2.27. The zero-order valence-corrected chi connectivity index (χ0v) is 13.4. The molecule has 1 amide bonds. The summed E-state index contributed by atoms with van der Waals surface area (Å²) >= 11 is 0.964. The number of carbonyl (C=O) groups is 1. The average Bonchev–Trinajstić information content (AvgIpc) is 2.74. The molecule has 1 atom stereocenters. The first kappa shape index (κ1) is 16.1. The molecule has 0 aliphatic carbocycles. The van der Waals surface area contributed by atoms with Crippen molar-refractivity contribution in [3.05, 3.63) is 4.88 Å². The molecule has 21 heavy (non-hydrogen) atoms. The van der Waals surface area contributed by atoms with Crippen LogP contribution in [-0.2, 0) is 14.6 Å². The smallest absolute Gasteiger partial charge is 0.261 e. The van der Waals surface area contributed by atoms with Gasteiger partial charge in [0.15, 0.2) is 9.84 Å². The van der Waals surface area contributed by atoms with Crippen molar-refractivity contribution in [1.29, 1.82) is 0 Å². The summed E-state index contributed by atoms with van der Waals surface area (Å²) < 4.78 is 29.3. The highest BCUT2D eigenvalue weighted by Gasteiger charge is 2.26. The summed E-state index contributed by atoms with van der Waals surface area (Å²) in [7, 11) is -3.56. The predicted octanol–water partition coefficient (Wildman–Crippen LogP) is 0.814. The second-order valence-electron chi connectivity index (χ2n) is 5.01. The number of primary amides is 1. The zero-order valence-electron chi connectivity index (χ0n) is 11.7. The summed E-state index contributed by atoms with van der Waals surface area (Å²) in [5.41, 5.74) is 10.9. The fourth-order valence-electron chi connectivity index (χ4n) is 2.27. The van der Waals surface area contributed by atoms with Crippen LogP contribution in [0.25, 0.3) is 0 Å². The van der Waals surface area contributed by atoms with Gasteiger partial charge in [-0.15, -0.1) is 11.3 Å². The van der Waals surface area contributed by atoms with E-state index in [4.69, 9.17) is 16.2 Å². The molecule has 9 heteroatoms. The van der Waals surface area contributed by atoms with Gasteiger partial charge in [-0.05, 0) is 19.3 Å². The molecule has 1 aliphatic rings. The van der Waals surface area contributed by atoms with E-state index >= 15 is 0 Å². The number of hydrogen-bond donors (Lipinski definition) is 3. The van der Waals surface area contributed by atoms with Gasteiger partial charge >= 0.3 is 0 Å². The van der Waals surface area contributed by atoms with Crippen LogP contribution in [0.1, 0.15) is 28.9 Å². The molecule has 1 aromatic heterocycles. The van der Waals surface area contributed by atoms with Crippen LogP contribution < -0.4 is 16.8 Å². The fourth-order valence-corrected chi connectivity index (χ4v) is 4.70. The van der Waals surface area contributed by atoms with Crippen LogP contribution in [0.5, 0.6) is 0 Å². The molecule has 0 bridgehead atoms. The maximum Gasteiger partial charge on any atom is 0.261 e. The summed E-state index contributed by atoms with van der Waals surface area (Å²) in [6.07, 6.45) is 4.14. The Morgan fingerprint density at radius 2 is 2.19 bits per heavy atom. The molecule has 1 unspecified atom stereocenters. The number of rotatable bonds is 5. The van der Waals surface area contributed by atoms with E-state index in [2.05, 4.69) is 5.32 Å². The molecule has 1 aromatic rings. The van der Waals surface area contributed by atoms with Gasteiger partial charge < -0.3 is 21.5 Å². The third kappa shape index (κ3) is 3.66. The molecule has 1 saturated heterocycles. The molecule has 118 valence electrons. The standard InChI is InChI=1S/C12H19N3O4S2/c1-21(17,18)10-8(13)9(11(14)16)20-12(10)15-6-7-4-2-3-5-19-7/h7,15H,2-6,13H2,1H3,(H2,14,16). The van der Waals surface area contributed by atoms with Crippen LogP contribution in [0.3, 0.4) is 0 Å². The summed E-state index contributed by atoms with van der Waals surface area (Å²) in [5.74, 6) is -0.732. The molecular formula is C12H19N3O4S2. The Kier molecular flexibility index (Phi) is 4.74. The zero-order chi connectivity index (χ0) is 15.6. The Morgan fingerprint density at radius 3 is 2.71 bits per heavy atom. The minimum atomic E-state index is -3.56. The number of anilines is 2. The minimum absolute atomic E-state index is 0.0338. The minimum Gasteiger partial charge on any atom is -0.396 e. The first-order valence-corrected chi connectivity index (χ1v) is 9.29. The van der Waals surface area contributed by atoms with Gasteiger partial charge in [0.05, 0.1) is 11.8 Å². The van der Waals surface area contributed by atoms with Crippen molar-refractivity contribution < 1.29 is 17.9 Å². The summed E-state index contributed by atoms with van der Waals surface area (Å²) in [5, 5.41) is 3.38. The van der Waals surface area contributed by atoms with Crippen molar-refractivity contribution in [3.63, 3.8) is 0 Å². The van der Waals surface area contributed by atoms with Gasteiger partial charge in [0, 0.05) is 19.4 Å². The quantitative estimate of drug-likeness (QED) is 0.732. The van der Waals surface area contributed by atoms with Crippen LogP contribution in [-0.4, -0.2) is 39.8 Å². The van der Waals surface area contributed by atoms with Gasteiger partial charge in [-0.1, -0.05) is 0 Å². The van der Waals surface area contributed by atoms with E-state index in [1.807, 2.05) is 0 Å². The van der Waals surface area contributed by atoms with Gasteiger partial charge in [-0.2, -0.15) is 0 Å². The molecule has 0 aromatic carbocycles. The van der Waals surface area contributed by atoms with Crippen LogP contribution in [0, 0.1) is 0 Å². The number of ether oxygens (including phenoxy) is 1. The SMILES string of the molecule is CS(=O)(=O)c1c(NCC2CCCCO2)sc(C(N)=O)c1N. The monoisotopic (exact) mass is 333 g/mol. The predicted molar refractivity (Wildman–Crippen MR) is 82.4 cm³/mol. The number of nitrogen functional groups attached to an aromatic ring is 1. The van der Waals surface area contributed by atoms with E-state index < -0.39 is 15.7 Å². The first-order chi connectivity index (χ1) is 9.80. The van der Waals surface area contributed by atoms with Gasteiger partial charge in [0.25, 0.3) is 5.91 Å². The van der Waals surface area contributed by atoms with E-state index in [-0.39, 0.29) is 21.6 Å². The normalized spacial score (nSPS) is 19.4. The van der Waals surface area contributed by atoms with Crippen molar-refractivity contribution in [2.75, 3.05) is 30.5 Å². The fraction of sp³-hybridized carbons (Fsp3) is 0.583. The van der Waals surface area contributed by atoms with E-state index in [1.54, 1.807) is 0 Å². The number of thiophene rings is 1. The number of hydrogen-bond acceptors (Lipinski definition) is 7. The largest absolute Gasteiger partial charge is 0.396 e. The van der Waals surface area contributed by atoms with Gasteiger partial charge in [0.1, 0.15) is 14.8 Å². The highest BCUT2D eigenvalue weighted by molar-refractivity contribution is 7.91. The molecule has 1 fully saturated rings. The Labute approximate surface area is 127 Å². The molecule has 0 radical (unpaired) electrons. The molecule has 2 heterocycles. The average molecular weight is 333 g/mol. The lowest BCUT2D eigenvalue weighted by molar-refractivity contribution is 0.0248. The van der Waals surface area contributed by atoms with E-state index in [1.165, 1.54) is 0 Å². The van der Waals surface area contributed by atoms with E-state index in [9.17, 15) is 13.2 Å². The molecule has 7 nitrogen and oxygen atoms in total. The molecule has 0 spiro atoms. The maximum absolute atomic E-state index is 11.9. The molecule has 0 saturated carbocycles. The summed E-state index contributed by atoms with van der Waals surface area (Å²) in [6, 6.07) is 0.